The third-order valence-corrected chi connectivity index (χ3v) is 3.27. The maximum absolute atomic E-state index is 11.3. The molecule has 0 radical (unpaired) electrons. The van der Waals surface area contributed by atoms with Crippen LogP contribution >= 0.6 is 0 Å². The van der Waals surface area contributed by atoms with Gasteiger partial charge in [-0.3, -0.25) is 0 Å². The highest BCUT2D eigenvalue weighted by atomic mass is 16.5. The molecule has 0 spiro atoms. The molecule has 1 aromatic heterocycles. The number of fused-ring (bicyclic) bond motifs is 1. The summed E-state index contributed by atoms with van der Waals surface area (Å²) < 4.78 is 10.9. The third kappa shape index (κ3) is 3.70. The van der Waals surface area contributed by atoms with Crippen LogP contribution in [0.25, 0.3) is 0 Å². The summed E-state index contributed by atoms with van der Waals surface area (Å²) in [5.41, 5.74) is 2.16. The minimum Gasteiger partial charge on any atom is -0.477 e. The van der Waals surface area contributed by atoms with Gasteiger partial charge in [-0.25, -0.2) is 9.78 Å². The standard InChI is InChI=1S/C15H21NO4/c1-10(2)19-7-8-20-14-12(15(17)18)9-11-5-3-4-6-13(11)16-14/h9-10H,3-8H2,1-2H3,(H,17,18). The van der Waals surface area contributed by atoms with Gasteiger partial charge in [0.2, 0.25) is 5.88 Å². The number of pyridine rings is 1. The fraction of sp³-hybridized carbons (Fsp3) is 0.600. The van der Waals surface area contributed by atoms with Crippen molar-refractivity contribution < 1.29 is 19.4 Å². The third-order valence-electron chi connectivity index (χ3n) is 3.27. The molecule has 0 saturated heterocycles. The minimum absolute atomic E-state index is 0.133. The van der Waals surface area contributed by atoms with E-state index in [-0.39, 0.29) is 17.5 Å². The van der Waals surface area contributed by atoms with Gasteiger partial charge < -0.3 is 14.6 Å². The van der Waals surface area contributed by atoms with E-state index in [1.165, 1.54) is 0 Å². The van der Waals surface area contributed by atoms with E-state index in [4.69, 9.17) is 9.47 Å². The van der Waals surface area contributed by atoms with E-state index in [1.807, 2.05) is 13.8 Å². The lowest BCUT2D eigenvalue weighted by atomic mass is 9.95. The zero-order valence-corrected chi connectivity index (χ0v) is 12.0. The summed E-state index contributed by atoms with van der Waals surface area (Å²) in [4.78, 5) is 15.7. The van der Waals surface area contributed by atoms with Gasteiger partial charge in [-0.05, 0) is 51.2 Å². The lowest BCUT2D eigenvalue weighted by Crippen LogP contribution is -2.16. The van der Waals surface area contributed by atoms with Crippen LogP contribution in [-0.4, -0.2) is 35.4 Å². The Balaban J connectivity index is 2.11. The maximum Gasteiger partial charge on any atom is 0.341 e. The second-order valence-electron chi connectivity index (χ2n) is 5.23. The van der Waals surface area contributed by atoms with Gasteiger partial charge in [0.15, 0.2) is 0 Å². The van der Waals surface area contributed by atoms with Crippen molar-refractivity contribution in [2.75, 3.05) is 13.2 Å². The lowest BCUT2D eigenvalue weighted by Gasteiger charge is -2.17. The highest BCUT2D eigenvalue weighted by Crippen LogP contribution is 2.26. The first kappa shape index (κ1) is 14.8. The molecule has 0 aromatic carbocycles. The fourth-order valence-corrected chi connectivity index (χ4v) is 2.30. The molecule has 0 saturated carbocycles. The van der Waals surface area contributed by atoms with E-state index in [0.29, 0.717) is 13.2 Å². The normalized spacial score (nSPS) is 14.2. The molecular formula is C15H21NO4. The number of aryl methyl sites for hydroxylation is 2. The van der Waals surface area contributed by atoms with Gasteiger partial charge in [0.05, 0.1) is 12.7 Å². The molecule has 0 bridgehead atoms. The molecule has 5 nitrogen and oxygen atoms in total. The Morgan fingerprint density at radius 1 is 1.35 bits per heavy atom. The molecule has 0 atom stereocenters. The zero-order chi connectivity index (χ0) is 14.5. The number of carbonyl (C=O) groups is 1. The number of rotatable bonds is 6. The van der Waals surface area contributed by atoms with Crippen molar-refractivity contribution in [1.82, 2.24) is 4.98 Å². The first-order chi connectivity index (χ1) is 9.58. The van der Waals surface area contributed by atoms with Gasteiger partial charge >= 0.3 is 5.97 Å². The molecular weight excluding hydrogens is 258 g/mol. The average Bonchev–Trinajstić information content (AvgIpc) is 2.42. The second kappa shape index (κ2) is 6.70. The lowest BCUT2D eigenvalue weighted by molar-refractivity contribution is 0.0527. The Kier molecular flexibility index (Phi) is 4.95. The Morgan fingerprint density at radius 3 is 2.80 bits per heavy atom. The summed E-state index contributed by atoms with van der Waals surface area (Å²) in [6.07, 6.45) is 4.13. The number of carboxylic acids is 1. The smallest absolute Gasteiger partial charge is 0.341 e. The van der Waals surface area contributed by atoms with Crippen LogP contribution in [0.3, 0.4) is 0 Å². The SMILES string of the molecule is CC(C)OCCOc1nc2c(cc1C(=O)O)CCCC2. The number of hydrogen-bond donors (Lipinski definition) is 1. The Morgan fingerprint density at radius 2 is 2.10 bits per heavy atom. The van der Waals surface area contributed by atoms with Gasteiger partial charge in [0.25, 0.3) is 0 Å². The molecule has 5 heteroatoms. The number of carboxylic acid groups (broad SMARTS) is 1. The topological polar surface area (TPSA) is 68.7 Å². The van der Waals surface area contributed by atoms with E-state index >= 15 is 0 Å². The quantitative estimate of drug-likeness (QED) is 0.810. The minimum atomic E-state index is -0.995. The van der Waals surface area contributed by atoms with Crippen LogP contribution in [0.15, 0.2) is 6.07 Å². The van der Waals surface area contributed by atoms with Gasteiger partial charge in [0.1, 0.15) is 12.2 Å². The van der Waals surface area contributed by atoms with Crippen molar-refractivity contribution in [2.45, 2.75) is 45.6 Å². The highest BCUT2D eigenvalue weighted by Gasteiger charge is 2.19. The van der Waals surface area contributed by atoms with Gasteiger partial charge in [-0.15, -0.1) is 0 Å². The number of ether oxygens (including phenoxy) is 2. The van der Waals surface area contributed by atoms with E-state index in [2.05, 4.69) is 4.98 Å². The highest BCUT2D eigenvalue weighted by molar-refractivity contribution is 5.90. The number of aromatic carboxylic acids is 1. The van der Waals surface area contributed by atoms with E-state index in [9.17, 15) is 9.90 Å². The van der Waals surface area contributed by atoms with Crippen molar-refractivity contribution in [3.63, 3.8) is 0 Å². The van der Waals surface area contributed by atoms with Crippen LogP contribution in [0.2, 0.25) is 0 Å². The monoisotopic (exact) mass is 279 g/mol. The van der Waals surface area contributed by atoms with Gasteiger partial charge in [-0.2, -0.15) is 0 Å². The molecule has 110 valence electrons. The predicted molar refractivity (Wildman–Crippen MR) is 74.4 cm³/mol. The second-order valence-corrected chi connectivity index (χ2v) is 5.23. The van der Waals surface area contributed by atoms with Crippen molar-refractivity contribution in [1.29, 1.82) is 0 Å². The van der Waals surface area contributed by atoms with Crippen molar-refractivity contribution in [2.24, 2.45) is 0 Å². The summed E-state index contributed by atoms with van der Waals surface area (Å²) in [5, 5.41) is 9.26. The molecule has 1 aliphatic rings. The fourth-order valence-electron chi connectivity index (χ4n) is 2.30. The summed E-state index contributed by atoms with van der Waals surface area (Å²) in [6, 6.07) is 1.71. The largest absolute Gasteiger partial charge is 0.477 e. The number of hydrogen-bond acceptors (Lipinski definition) is 4. The van der Waals surface area contributed by atoms with Crippen LogP contribution < -0.4 is 4.74 Å². The van der Waals surface area contributed by atoms with E-state index in [0.717, 1.165) is 36.9 Å². The molecule has 0 fully saturated rings. The maximum atomic E-state index is 11.3. The Bertz CT molecular complexity index is 485. The zero-order valence-electron chi connectivity index (χ0n) is 12.0. The molecule has 0 unspecified atom stereocenters. The molecule has 0 amide bonds. The van der Waals surface area contributed by atoms with Crippen LogP contribution in [0, 0.1) is 0 Å². The molecule has 2 rings (SSSR count). The average molecular weight is 279 g/mol. The molecule has 1 aromatic rings. The first-order valence-electron chi connectivity index (χ1n) is 7.08. The van der Waals surface area contributed by atoms with Crippen molar-refractivity contribution in [3.8, 4) is 5.88 Å². The summed E-state index contributed by atoms with van der Waals surface area (Å²) in [7, 11) is 0. The summed E-state index contributed by atoms with van der Waals surface area (Å²) in [6.45, 7) is 4.62. The van der Waals surface area contributed by atoms with Crippen LogP contribution in [-0.2, 0) is 17.6 Å². The summed E-state index contributed by atoms with van der Waals surface area (Å²) >= 11 is 0. The van der Waals surface area contributed by atoms with Gasteiger partial charge in [-0.1, -0.05) is 0 Å². The van der Waals surface area contributed by atoms with Gasteiger partial charge in [0, 0.05) is 5.69 Å². The summed E-state index contributed by atoms with van der Waals surface area (Å²) in [5.74, 6) is -0.781. The number of nitrogens with zero attached hydrogens (tertiary/aromatic N) is 1. The first-order valence-corrected chi connectivity index (χ1v) is 7.08. The van der Waals surface area contributed by atoms with Crippen molar-refractivity contribution in [3.05, 3.63) is 22.9 Å². The van der Waals surface area contributed by atoms with E-state index in [1.54, 1.807) is 6.07 Å². The number of aromatic nitrogens is 1. The molecule has 1 aliphatic carbocycles. The Hall–Kier alpha value is -1.62. The molecule has 0 aliphatic heterocycles. The van der Waals surface area contributed by atoms with Crippen LogP contribution in [0.1, 0.15) is 48.3 Å². The molecule has 1 N–H and O–H groups in total. The molecule has 20 heavy (non-hydrogen) atoms. The van der Waals surface area contributed by atoms with Crippen LogP contribution in [0.5, 0.6) is 5.88 Å². The molecule has 1 heterocycles. The van der Waals surface area contributed by atoms with Crippen molar-refractivity contribution >= 4 is 5.97 Å². The predicted octanol–water partition coefficient (Wildman–Crippen LogP) is 2.46. The van der Waals surface area contributed by atoms with E-state index < -0.39 is 5.97 Å². The Labute approximate surface area is 118 Å². The van der Waals surface area contributed by atoms with Crippen LogP contribution in [0.4, 0.5) is 0 Å².